The van der Waals surface area contributed by atoms with Crippen LogP contribution >= 0.6 is 15.9 Å². The molecule has 1 unspecified atom stereocenters. The molecule has 2 rings (SSSR count). The maximum atomic E-state index is 14.0. The second kappa shape index (κ2) is 5.50. The fourth-order valence-corrected chi connectivity index (χ4v) is 1.99. The fourth-order valence-electron chi connectivity index (χ4n) is 1.72. The van der Waals surface area contributed by atoms with Crippen LogP contribution in [0.5, 0.6) is 5.75 Å². The Labute approximate surface area is 113 Å². The highest BCUT2D eigenvalue weighted by Gasteiger charge is 2.17. The van der Waals surface area contributed by atoms with Gasteiger partial charge in [-0.15, -0.1) is 0 Å². The van der Waals surface area contributed by atoms with Crippen LogP contribution < -0.4 is 4.74 Å². The van der Waals surface area contributed by atoms with Crippen molar-refractivity contribution in [1.82, 2.24) is 0 Å². The number of methoxy groups -OCH3 is 1. The number of hydrogen-bond acceptors (Lipinski definition) is 2. The lowest BCUT2D eigenvalue weighted by atomic mass is 10.0. The van der Waals surface area contributed by atoms with Crippen molar-refractivity contribution in [3.8, 4) is 5.75 Å². The number of rotatable bonds is 3. The van der Waals surface area contributed by atoms with Crippen molar-refractivity contribution >= 4 is 15.9 Å². The molecule has 0 bridgehead atoms. The standard InChI is InChI=1S/C14H12BrFO2/c1-18-12-4-2-3-11(13(12)16)14(17)9-5-7-10(15)8-6-9/h2-8,14,17H,1H3. The number of halogens is 2. The lowest BCUT2D eigenvalue weighted by Crippen LogP contribution is -2.03. The Morgan fingerprint density at radius 3 is 2.44 bits per heavy atom. The summed E-state index contributed by atoms with van der Waals surface area (Å²) in [6.07, 6.45) is -1.01. The highest BCUT2D eigenvalue weighted by Crippen LogP contribution is 2.29. The molecule has 1 atom stereocenters. The zero-order valence-electron chi connectivity index (χ0n) is 9.73. The first-order valence-corrected chi connectivity index (χ1v) is 6.18. The van der Waals surface area contributed by atoms with Gasteiger partial charge >= 0.3 is 0 Å². The average molecular weight is 311 g/mol. The molecular weight excluding hydrogens is 299 g/mol. The fraction of sp³-hybridized carbons (Fsp3) is 0.143. The van der Waals surface area contributed by atoms with Crippen LogP contribution in [-0.4, -0.2) is 12.2 Å². The first-order chi connectivity index (χ1) is 8.63. The van der Waals surface area contributed by atoms with Gasteiger partial charge in [0.2, 0.25) is 0 Å². The van der Waals surface area contributed by atoms with E-state index in [1.807, 2.05) is 0 Å². The highest BCUT2D eigenvalue weighted by molar-refractivity contribution is 9.10. The second-order valence-corrected chi connectivity index (χ2v) is 4.73. The van der Waals surface area contributed by atoms with Crippen molar-refractivity contribution in [1.29, 1.82) is 0 Å². The van der Waals surface area contributed by atoms with Gasteiger partial charge in [0.05, 0.1) is 7.11 Å². The van der Waals surface area contributed by atoms with E-state index >= 15 is 0 Å². The average Bonchev–Trinajstić information content (AvgIpc) is 2.39. The van der Waals surface area contributed by atoms with Crippen molar-refractivity contribution < 1.29 is 14.2 Å². The molecule has 0 radical (unpaired) electrons. The van der Waals surface area contributed by atoms with Crippen molar-refractivity contribution in [2.75, 3.05) is 7.11 Å². The summed E-state index contributed by atoms with van der Waals surface area (Å²) in [6.45, 7) is 0. The summed E-state index contributed by atoms with van der Waals surface area (Å²) in [5.74, 6) is -0.404. The Morgan fingerprint density at radius 2 is 1.83 bits per heavy atom. The first kappa shape index (κ1) is 13.1. The number of aliphatic hydroxyl groups is 1. The number of aliphatic hydroxyl groups excluding tert-OH is 1. The minimum atomic E-state index is -1.01. The van der Waals surface area contributed by atoms with Gasteiger partial charge in [0.25, 0.3) is 0 Å². The highest BCUT2D eigenvalue weighted by atomic mass is 79.9. The molecule has 0 amide bonds. The van der Waals surface area contributed by atoms with Gasteiger partial charge in [-0.2, -0.15) is 0 Å². The normalized spacial score (nSPS) is 12.2. The summed E-state index contributed by atoms with van der Waals surface area (Å²) >= 11 is 3.31. The van der Waals surface area contributed by atoms with Gasteiger partial charge in [0.1, 0.15) is 6.10 Å². The van der Waals surface area contributed by atoms with E-state index in [-0.39, 0.29) is 11.3 Å². The quantitative estimate of drug-likeness (QED) is 0.937. The minimum absolute atomic E-state index is 0.128. The van der Waals surface area contributed by atoms with Gasteiger partial charge in [0, 0.05) is 10.0 Å². The van der Waals surface area contributed by atoms with Crippen LogP contribution in [-0.2, 0) is 0 Å². The summed E-state index contributed by atoms with van der Waals surface area (Å²) in [6, 6.07) is 11.8. The van der Waals surface area contributed by atoms with Crippen molar-refractivity contribution in [3.05, 3.63) is 63.9 Å². The molecule has 0 aliphatic carbocycles. The molecule has 0 fully saturated rings. The zero-order valence-corrected chi connectivity index (χ0v) is 11.3. The Hall–Kier alpha value is -1.39. The van der Waals surface area contributed by atoms with Crippen LogP contribution in [0.4, 0.5) is 4.39 Å². The third-order valence-electron chi connectivity index (χ3n) is 2.69. The summed E-state index contributed by atoms with van der Waals surface area (Å²) in [5.41, 5.74) is 0.835. The predicted molar refractivity (Wildman–Crippen MR) is 71.2 cm³/mol. The SMILES string of the molecule is COc1cccc(C(O)c2ccc(Br)cc2)c1F. The maximum absolute atomic E-state index is 14.0. The molecule has 0 aliphatic heterocycles. The van der Waals surface area contributed by atoms with Crippen LogP contribution in [0, 0.1) is 5.82 Å². The Balaban J connectivity index is 2.39. The Bertz CT molecular complexity index is 540. The molecule has 0 spiro atoms. The second-order valence-electron chi connectivity index (χ2n) is 3.82. The lowest BCUT2D eigenvalue weighted by Gasteiger charge is -2.14. The van der Waals surface area contributed by atoms with E-state index in [9.17, 15) is 9.50 Å². The van der Waals surface area contributed by atoms with E-state index < -0.39 is 11.9 Å². The molecule has 18 heavy (non-hydrogen) atoms. The number of hydrogen-bond donors (Lipinski definition) is 1. The molecule has 0 saturated heterocycles. The lowest BCUT2D eigenvalue weighted by molar-refractivity contribution is 0.213. The zero-order chi connectivity index (χ0) is 13.1. The molecular formula is C14H12BrFO2. The molecule has 2 aromatic rings. The van der Waals surface area contributed by atoms with Gasteiger partial charge in [-0.05, 0) is 23.8 Å². The Kier molecular flexibility index (Phi) is 3.99. The van der Waals surface area contributed by atoms with E-state index in [1.54, 1.807) is 36.4 Å². The van der Waals surface area contributed by atoms with Crippen molar-refractivity contribution in [2.24, 2.45) is 0 Å². The van der Waals surface area contributed by atoms with Crippen molar-refractivity contribution in [2.45, 2.75) is 6.10 Å². The third-order valence-corrected chi connectivity index (χ3v) is 3.22. The van der Waals surface area contributed by atoms with Crippen molar-refractivity contribution in [3.63, 3.8) is 0 Å². The van der Waals surface area contributed by atoms with E-state index in [0.29, 0.717) is 5.56 Å². The maximum Gasteiger partial charge on any atom is 0.171 e. The molecule has 1 N–H and O–H groups in total. The summed E-state index contributed by atoms with van der Waals surface area (Å²) in [5, 5.41) is 10.2. The number of ether oxygens (including phenoxy) is 1. The summed E-state index contributed by atoms with van der Waals surface area (Å²) in [4.78, 5) is 0. The van der Waals surface area contributed by atoms with Crippen LogP contribution in [0.15, 0.2) is 46.9 Å². The van der Waals surface area contributed by atoms with Crippen LogP contribution in [0.1, 0.15) is 17.2 Å². The van der Waals surface area contributed by atoms with Gasteiger partial charge in [-0.3, -0.25) is 0 Å². The smallest absolute Gasteiger partial charge is 0.171 e. The van der Waals surface area contributed by atoms with E-state index in [2.05, 4.69) is 15.9 Å². The molecule has 94 valence electrons. The summed E-state index contributed by atoms with van der Waals surface area (Å²) < 4.78 is 19.8. The van der Waals surface area contributed by atoms with E-state index in [0.717, 1.165) is 4.47 Å². The first-order valence-electron chi connectivity index (χ1n) is 5.39. The van der Waals surface area contributed by atoms with Crippen LogP contribution in [0.2, 0.25) is 0 Å². The number of benzene rings is 2. The molecule has 0 heterocycles. The van der Waals surface area contributed by atoms with E-state index in [4.69, 9.17) is 4.74 Å². The molecule has 0 aliphatic rings. The van der Waals surface area contributed by atoms with Gasteiger partial charge in [-0.25, -0.2) is 4.39 Å². The van der Waals surface area contributed by atoms with Gasteiger partial charge in [-0.1, -0.05) is 40.2 Å². The summed E-state index contributed by atoms with van der Waals surface area (Å²) in [7, 11) is 1.40. The Morgan fingerprint density at radius 1 is 1.17 bits per heavy atom. The largest absolute Gasteiger partial charge is 0.494 e. The topological polar surface area (TPSA) is 29.5 Å². The van der Waals surface area contributed by atoms with E-state index in [1.165, 1.54) is 13.2 Å². The predicted octanol–water partition coefficient (Wildman–Crippen LogP) is 3.68. The van der Waals surface area contributed by atoms with Crippen LogP contribution in [0.3, 0.4) is 0 Å². The van der Waals surface area contributed by atoms with Gasteiger partial charge < -0.3 is 9.84 Å². The molecule has 0 aromatic heterocycles. The third kappa shape index (κ3) is 2.54. The monoisotopic (exact) mass is 310 g/mol. The molecule has 0 saturated carbocycles. The minimum Gasteiger partial charge on any atom is -0.494 e. The molecule has 4 heteroatoms. The molecule has 2 aromatic carbocycles. The van der Waals surface area contributed by atoms with Gasteiger partial charge in [0.15, 0.2) is 11.6 Å². The van der Waals surface area contributed by atoms with Crippen LogP contribution in [0.25, 0.3) is 0 Å². The molecule has 2 nitrogen and oxygen atoms in total.